The average Bonchev–Trinajstić information content (AvgIpc) is 2.27. The van der Waals surface area contributed by atoms with E-state index >= 15 is 0 Å². The van der Waals surface area contributed by atoms with Crippen molar-refractivity contribution >= 4 is 32.9 Å². The molecular formula is C13H9BrF3N. The van der Waals surface area contributed by atoms with Crippen LogP contribution >= 0.6 is 15.9 Å². The van der Waals surface area contributed by atoms with Gasteiger partial charge in [0.05, 0.1) is 5.52 Å². The Bertz CT molecular complexity index is 632. The number of hydrogen-bond acceptors (Lipinski definition) is 1. The second-order valence-electron chi connectivity index (χ2n) is 3.89. The fraction of sp³-hybridized carbons (Fsp3) is 0.154. The molecule has 2 rings (SSSR count). The first kappa shape index (κ1) is 13.1. The van der Waals surface area contributed by atoms with Crippen LogP contribution in [0.4, 0.5) is 13.2 Å². The summed E-state index contributed by atoms with van der Waals surface area (Å²) in [6, 6.07) is 4.03. The smallest absolute Gasteiger partial charge is 0.243 e. The standard InChI is InChI=1S/C13H9BrF3N/c1-3-8-7(2)6-10-9(12(8)14)4-5-11(18-10)13(15,16)17/h3-6H,1H2,2H3. The average molecular weight is 316 g/mol. The minimum atomic E-state index is -4.42. The summed E-state index contributed by atoms with van der Waals surface area (Å²) in [5.41, 5.74) is 1.13. The lowest BCUT2D eigenvalue weighted by atomic mass is 10.0. The number of benzene rings is 1. The minimum absolute atomic E-state index is 0.319. The molecule has 1 aromatic carbocycles. The number of rotatable bonds is 1. The van der Waals surface area contributed by atoms with E-state index in [9.17, 15) is 13.2 Å². The number of nitrogens with zero attached hydrogens (tertiary/aromatic N) is 1. The zero-order chi connectivity index (χ0) is 13.5. The molecule has 0 aliphatic heterocycles. The van der Waals surface area contributed by atoms with Crippen LogP contribution in [0, 0.1) is 6.92 Å². The molecule has 18 heavy (non-hydrogen) atoms. The Morgan fingerprint density at radius 1 is 1.33 bits per heavy atom. The van der Waals surface area contributed by atoms with E-state index in [-0.39, 0.29) is 0 Å². The van der Waals surface area contributed by atoms with Gasteiger partial charge in [0, 0.05) is 9.86 Å². The molecule has 1 aromatic heterocycles. The number of hydrogen-bond donors (Lipinski definition) is 0. The van der Waals surface area contributed by atoms with E-state index in [1.165, 1.54) is 6.07 Å². The van der Waals surface area contributed by atoms with Crippen molar-refractivity contribution in [2.75, 3.05) is 0 Å². The number of halogens is 4. The lowest BCUT2D eigenvalue weighted by Gasteiger charge is -2.11. The van der Waals surface area contributed by atoms with Crippen molar-refractivity contribution in [1.29, 1.82) is 0 Å². The molecule has 0 radical (unpaired) electrons. The highest BCUT2D eigenvalue weighted by Gasteiger charge is 2.32. The maximum Gasteiger partial charge on any atom is 0.433 e. The highest BCUT2D eigenvalue weighted by atomic mass is 79.9. The molecule has 1 nitrogen and oxygen atoms in total. The summed E-state index contributed by atoms with van der Waals surface area (Å²) in [4.78, 5) is 3.65. The Kier molecular flexibility index (Phi) is 3.19. The van der Waals surface area contributed by atoms with Gasteiger partial charge in [-0.2, -0.15) is 13.2 Å². The Hall–Kier alpha value is -1.36. The van der Waals surface area contributed by atoms with Gasteiger partial charge in [-0.3, -0.25) is 0 Å². The van der Waals surface area contributed by atoms with Gasteiger partial charge in [-0.25, -0.2) is 4.98 Å². The molecule has 1 heterocycles. The van der Waals surface area contributed by atoms with Crippen LogP contribution in [-0.4, -0.2) is 4.98 Å². The molecule has 0 fully saturated rings. The summed E-state index contributed by atoms with van der Waals surface area (Å²) in [5, 5.41) is 0.642. The van der Waals surface area contributed by atoms with E-state index in [1.807, 2.05) is 6.92 Å². The molecule has 0 N–H and O–H groups in total. The van der Waals surface area contributed by atoms with Gasteiger partial charge in [-0.1, -0.05) is 12.7 Å². The van der Waals surface area contributed by atoms with Crippen molar-refractivity contribution in [3.63, 3.8) is 0 Å². The van der Waals surface area contributed by atoms with Gasteiger partial charge in [0.15, 0.2) is 0 Å². The second kappa shape index (κ2) is 4.39. The topological polar surface area (TPSA) is 12.9 Å². The van der Waals surface area contributed by atoms with Crippen molar-refractivity contribution in [3.05, 3.63) is 46.1 Å². The largest absolute Gasteiger partial charge is 0.433 e. The summed E-state index contributed by atoms with van der Waals surface area (Å²) >= 11 is 3.38. The van der Waals surface area contributed by atoms with E-state index in [1.54, 1.807) is 12.1 Å². The van der Waals surface area contributed by atoms with Crippen molar-refractivity contribution in [2.24, 2.45) is 0 Å². The van der Waals surface area contributed by atoms with Crippen molar-refractivity contribution in [1.82, 2.24) is 4.98 Å². The van der Waals surface area contributed by atoms with Crippen LogP contribution in [0.5, 0.6) is 0 Å². The summed E-state index contributed by atoms with van der Waals surface area (Å²) in [6.45, 7) is 5.49. The maximum atomic E-state index is 12.6. The third-order valence-corrected chi connectivity index (χ3v) is 3.52. The lowest BCUT2D eigenvalue weighted by Crippen LogP contribution is -2.07. The van der Waals surface area contributed by atoms with E-state index < -0.39 is 11.9 Å². The van der Waals surface area contributed by atoms with Gasteiger partial charge in [-0.15, -0.1) is 0 Å². The van der Waals surface area contributed by atoms with Crippen molar-refractivity contribution in [3.8, 4) is 0 Å². The van der Waals surface area contributed by atoms with Gasteiger partial charge in [0.25, 0.3) is 0 Å². The normalized spacial score (nSPS) is 11.8. The second-order valence-corrected chi connectivity index (χ2v) is 4.68. The third kappa shape index (κ3) is 2.14. The number of pyridine rings is 1. The zero-order valence-electron chi connectivity index (χ0n) is 9.48. The summed E-state index contributed by atoms with van der Waals surface area (Å²) in [6.07, 6.45) is -2.76. The van der Waals surface area contributed by atoms with Gasteiger partial charge in [-0.05, 0) is 52.2 Å². The summed E-state index contributed by atoms with van der Waals surface area (Å²) in [7, 11) is 0. The van der Waals surface area contributed by atoms with Crippen LogP contribution in [0.15, 0.2) is 29.3 Å². The predicted molar refractivity (Wildman–Crippen MR) is 69.3 cm³/mol. The molecule has 0 unspecified atom stereocenters. The molecular weight excluding hydrogens is 307 g/mol. The SMILES string of the molecule is C=Cc1c(C)cc2nc(C(F)(F)F)ccc2c1Br. The van der Waals surface area contributed by atoms with Crippen molar-refractivity contribution in [2.45, 2.75) is 13.1 Å². The Balaban J connectivity index is 2.77. The summed E-state index contributed by atoms with van der Waals surface area (Å²) < 4.78 is 38.4. The van der Waals surface area contributed by atoms with Crippen molar-refractivity contribution < 1.29 is 13.2 Å². The molecule has 0 spiro atoms. The fourth-order valence-electron chi connectivity index (χ4n) is 1.78. The lowest BCUT2D eigenvalue weighted by molar-refractivity contribution is -0.140. The minimum Gasteiger partial charge on any atom is -0.243 e. The van der Waals surface area contributed by atoms with E-state index in [2.05, 4.69) is 27.5 Å². The molecule has 5 heteroatoms. The fourth-order valence-corrected chi connectivity index (χ4v) is 2.59. The zero-order valence-corrected chi connectivity index (χ0v) is 11.1. The maximum absolute atomic E-state index is 12.6. The first-order chi connectivity index (χ1) is 8.34. The van der Waals surface area contributed by atoms with Crippen LogP contribution < -0.4 is 0 Å². The number of aromatic nitrogens is 1. The summed E-state index contributed by atoms with van der Waals surface area (Å²) in [5.74, 6) is 0. The molecule has 2 aromatic rings. The monoisotopic (exact) mass is 315 g/mol. The van der Waals surface area contributed by atoms with Gasteiger partial charge in [0.1, 0.15) is 5.69 Å². The van der Waals surface area contributed by atoms with Gasteiger partial charge >= 0.3 is 6.18 Å². The molecule has 0 aliphatic carbocycles. The van der Waals surface area contributed by atoms with Gasteiger partial charge < -0.3 is 0 Å². The predicted octanol–water partition coefficient (Wildman–Crippen LogP) is 4.97. The Labute approximate surface area is 110 Å². The van der Waals surface area contributed by atoms with Crippen LogP contribution in [-0.2, 0) is 6.18 Å². The molecule has 0 aliphatic rings. The highest BCUT2D eigenvalue weighted by molar-refractivity contribution is 9.10. The molecule has 0 saturated carbocycles. The molecule has 94 valence electrons. The first-order valence-corrected chi connectivity index (χ1v) is 5.93. The Morgan fingerprint density at radius 2 is 2.00 bits per heavy atom. The Morgan fingerprint density at radius 3 is 2.56 bits per heavy atom. The molecule has 0 bridgehead atoms. The number of alkyl halides is 3. The quantitative estimate of drug-likeness (QED) is 0.724. The third-order valence-electron chi connectivity index (χ3n) is 2.67. The van der Waals surface area contributed by atoms with E-state index in [4.69, 9.17) is 0 Å². The van der Waals surface area contributed by atoms with Crippen LogP contribution in [0.2, 0.25) is 0 Å². The van der Waals surface area contributed by atoms with Crippen LogP contribution in [0.1, 0.15) is 16.8 Å². The van der Waals surface area contributed by atoms with E-state index in [0.717, 1.165) is 17.2 Å². The van der Waals surface area contributed by atoms with Gasteiger partial charge in [0.2, 0.25) is 0 Å². The first-order valence-electron chi connectivity index (χ1n) is 5.14. The highest BCUT2D eigenvalue weighted by Crippen LogP contribution is 2.34. The molecule has 0 atom stereocenters. The molecule has 0 saturated heterocycles. The van der Waals surface area contributed by atoms with Crippen LogP contribution in [0.25, 0.3) is 17.0 Å². The number of fused-ring (bicyclic) bond motifs is 1. The van der Waals surface area contributed by atoms with E-state index in [0.29, 0.717) is 15.4 Å². The molecule has 0 amide bonds. The van der Waals surface area contributed by atoms with Crippen LogP contribution in [0.3, 0.4) is 0 Å². The number of aryl methyl sites for hydroxylation is 1.